The first kappa shape index (κ1) is 21.7. The minimum Gasteiger partial charge on any atom is -0.398 e. The molecule has 1 amide bonds. The Bertz CT molecular complexity index is 1060. The van der Waals surface area contributed by atoms with Crippen LogP contribution < -0.4 is 22.5 Å². The molecule has 0 atom stereocenters. The van der Waals surface area contributed by atoms with Crippen molar-refractivity contribution in [1.29, 1.82) is 0 Å². The number of nitrogens with two attached hydrogens (primary N) is 3. The van der Waals surface area contributed by atoms with Crippen molar-refractivity contribution >= 4 is 17.3 Å². The third-order valence-electron chi connectivity index (χ3n) is 4.83. The van der Waals surface area contributed by atoms with E-state index in [1.54, 1.807) is 36.4 Å². The predicted molar refractivity (Wildman–Crippen MR) is 128 cm³/mol. The Morgan fingerprint density at radius 2 is 1.39 bits per heavy atom. The second-order valence-corrected chi connectivity index (χ2v) is 7.37. The van der Waals surface area contributed by atoms with Crippen LogP contribution in [-0.4, -0.2) is 5.91 Å². The molecule has 3 aromatic rings. The van der Waals surface area contributed by atoms with Crippen molar-refractivity contribution in [2.75, 3.05) is 5.32 Å². The normalized spacial score (nSPS) is 13.7. The van der Waals surface area contributed by atoms with Crippen LogP contribution >= 0.6 is 0 Å². The summed E-state index contributed by atoms with van der Waals surface area (Å²) in [5.41, 5.74) is 21.2. The van der Waals surface area contributed by atoms with Crippen molar-refractivity contribution in [3.63, 3.8) is 0 Å². The Morgan fingerprint density at radius 1 is 0.774 bits per heavy atom. The molecule has 1 aliphatic rings. The smallest absolute Gasteiger partial charge is 0.248 e. The molecule has 0 spiro atoms. The Kier molecular flexibility index (Phi) is 7.49. The van der Waals surface area contributed by atoms with Gasteiger partial charge in [0.25, 0.3) is 0 Å². The summed E-state index contributed by atoms with van der Waals surface area (Å²) in [5, 5.41) is 2.97. The molecule has 158 valence electrons. The second kappa shape index (κ2) is 10.7. The van der Waals surface area contributed by atoms with Gasteiger partial charge in [0.05, 0.1) is 0 Å². The van der Waals surface area contributed by atoms with Crippen LogP contribution in [-0.2, 0) is 0 Å². The number of allylic oxidation sites excluding steroid dienone is 2. The van der Waals surface area contributed by atoms with E-state index < -0.39 is 5.91 Å². The predicted octanol–water partition coefficient (Wildman–Crippen LogP) is 4.56. The van der Waals surface area contributed by atoms with Gasteiger partial charge in [-0.3, -0.25) is 4.79 Å². The standard InChI is InChI=1S/C17H18N4O.C9H10/c18-15(12-5-2-1-3-6-12)9-10-16(19)21-14-8-4-7-13(11-14)17(20)22;1-2-4-8(5-3-1)9-6-7-9/h1-11,21H,18-19H2,(H2,20,22);1-5,9H,6-7H2/b15-9-,16-10+;. The Balaban J connectivity index is 0.000000248. The van der Waals surface area contributed by atoms with Crippen LogP contribution in [0.2, 0.25) is 0 Å². The van der Waals surface area contributed by atoms with E-state index in [1.807, 2.05) is 30.3 Å². The SMILES string of the molecule is NC(=O)c1cccc(N/C(N)=C/C=C(\N)c2ccccc2)c1.c1ccc(C2CC2)cc1. The van der Waals surface area contributed by atoms with Gasteiger partial charge in [-0.15, -0.1) is 0 Å². The van der Waals surface area contributed by atoms with E-state index in [0.717, 1.165) is 11.5 Å². The lowest BCUT2D eigenvalue weighted by Gasteiger charge is -2.07. The quantitative estimate of drug-likeness (QED) is 0.445. The van der Waals surface area contributed by atoms with Gasteiger partial charge in [0.15, 0.2) is 0 Å². The molecule has 0 bridgehead atoms. The number of carbonyl (C=O) groups is 1. The first-order valence-electron chi connectivity index (χ1n) is 10.2. The van der Waals surface area contributed by atoms with Crippen molar-refractivity contribution in [2.45, 2.75) is 18.8 Å². The summed E-state index contributed by atoms with van der Waals surface area (Å²) < 4.78 is 0. The third kappa shape index (κ3) is 7.08. The average molecular weight is 413 g/mol. The number of rotatable bonds is 6. The number of anilines is 1. The van der Waals surface area contributed by atoms with Crippen molar-refractivity contribution < 1.29 is 4.79 Å². The van der Waals surface area contributed by atoms with Crippen LogP contribution in [0.15, 0.2) is 103 Å². The maximum absolute atomic E-state index is 11.1. The van der Waals surface area contributed by atoms with Gasteiger partial charge in [-0.1, -0.05) is 66.7 Å². The molecule has 1 saturated carbocycles. The van der Waals surface area contributed by atoms with Gasteiger partial charge >= 0.3 is 0 Å². The molecule has 5 heteroatoms. The van der Waals surface area contributed by atoms with Gasteiger partial charge in [-0.05, 0) is 60.2 Å². The summed E-state index contributed by atoms with van der Waals surface area (Å²) in [6.07, 6.45) is 6.20. The third-order valence-corrected chi connectivity index (χ3v) is 4.83. The minimum atomic E-state index is -0.487. The summed E-state index contributed by atoms with van der Waals surface area (Å²) in [6, 6.07) is 27.1. The van der Waals surface area contributed by atoms with Gasteiger partial charge in [-0.2, -0.15) is 0 Å². The molecule has 0 saturated heterocycles. The highest BCUT2D eigenvalue weighted by atomic mass is 16.1. The van der Waals surface area contributed by atoms with Crippen molar-refractivity contribution in [3.8, 4) is 0 Å². The van der Waals surface area contributed by atoms with Crippen molar-refractivity contribution in [1.82, 2.24) is 0 Å². The fourth-order valence-corrected chi connectivity index (χ4v) is 3.01. The van der Waals surface area contributed by atoms with Crippen molar-refractivity contribution in [2.24, 2.45) is 17.2 Å². The molecule has 1 fully saturated rings. The summed E-state index contributed by atoms with van der Waals surface area (Å²) in [7, 11) is 0. The van der Waals surface area contributed by atoms with Crippen LogP contribution in [0, 0.1) is 0 Å². The van der Waals surface area contributed by atoms with Crippen LogP contribution in [0.3, 0.4) is 0 Å². The molecule has 0 radical (unpaired) electrons. The summed E-state index contributed by atoms with van der Waals surface area (Å²) in [4.78, 5) is 11.1. The Labute approximate surface area is 183 Å². The highest BCUT2D eigenvalue weighted by Gasteiger charge is 2.22. The lowest BCUT2D eigenvalue weighted by Crippen LogP contribution is -2.12. The van der Waals surface area contributed by atoms with Crippen LogP contribution in [0.1, 0.15) is 40.2 Å². The van der Waals surface area contributed by atoms with Gasteiger partial charge in [0.2, 0.25) is 5.91 Å². The topological polar surface area (TPSA) is 107 Å². The Morgan fingerprint density at radius 3 is 2.00 bits per heavy atom. The highest BCUT2D eigenvalue weighted by Crippen LogP contribution is 2.39. The monoisotopic (exact) mass is 412 g/mol. The van der Waals surface area contributed by atoms with E-state index in [9.17, 15) is 4.79 Å². The summed E-state index contributed by atoms with van der Waals surface area (Å²) in [6.45, 7) is 0. The summed E-state index contributed by atoms with van der Waals surface area (Å²) in [5.74, 6) is 0.825. The van der Waals surface area contributed by atoms with E-state index >= 15 is 0 Å². The maximum atomic E-state index is 11.1. The molecular weight excluding hydrogens is 384 g/mol. The number of hydrogen-bond acceptors (Lipinski definition) is 4. The first-order valence-corrected chi connectivity index (χ1v) is 10.2. The number of carbonyl (C=O) groups excluding carboxylic acids is 1. The minimum absolute atomic E-state index is 0.403. The van der Waals surface area contributed by atoms with E-state index in [4.69, 9.17) is 17.2 Å². The number of nitrogens with one attached hydrogen (secondary N) is 1. The van der Waals surface area contributed by atoms with Crippen LogP contribution in [0.25, 0.3) is 5.70 Å². The fourth-order valence-electron chi connectivity index (χ4n) is 3.01. The van der Waals surface area contributed by atoms with E-state index in [0.29, 0.717) is 22.8 Å². The number of benzene rings is 3. The average Bonchev–Trinajstić information content (AvgIpc) is 3.65. The van der Waals surface area contributed by atoms with Gasteiger partial charge < -0.3 is 22.5 Å². The first-order chi connectivity index (χ1) is 15.0. The molecule has 0 heterocycles. The molecule has 3 aromatic carbocycles. The zero-order valence-corrected chi connectivity index (χ0v) is 17.4. The Hall–Kier alpha value is -3.99. The number of amides is 1. The van der Waals surface area contributed by atoms with E-state index in [1.165, 1.54) is 18.4 Å². The molecular formula is C26H28N4O. The molecule has 4 rings (SSSR count). The fraction of sp³-hybridized carbons (Fsp3) is 0.115. The van der Waals surface area contributed by atoms with Crippen LogP contribution in [0.4, 0.5) is 5.69 Å². The van der Waals surface area contributed by atoms with E-state index in [2.05, 4.69) is 35.6 Å². The molecule has 5 nitrogen and oxygen atoms in total. The largest absolute Gasteiger partial charge is 0.398 e. The maximum Gasteiger partial charge on any atom is 0.248 e. The molecule has 0 aliphatic heterocycles. The summed E-state index contributed by atoms with van der Waals surface area (Å²) >= 11 is 0. The van der Waals surface area contributed by atoms with Crippen LogP contribution in [0.5, 0.6) is 0 Å². The molecule has 1 aliphatic carbocycles. The lowest BCUT2D eigenvalue weighted by molar-refractivity contribution is 0.100. The van der Waals surface area contributed by atoms with Gasteiger partial charge in [0, 0.05) is 16.9 Å². The lowest BCUT2D eigenvalue weighted by atomic mass is 10.1. The second-order valence-electron chi connectivity index (χ2n) is 7.37. The van der Waals surface area contributed by atoms with Gasteiger partial charge in [-0.25, -0.2) is 0 Å². The van der Waals surface area contributed by atoms with E-state index in [-0.39, 0.29) is 0 Å². The molecule has 0 aromatic heterocycles. The zero-order chi connectivity index (χ0) is 22.1. The number of hydrogen-bond donors (Lipinski definition) is 4. The molecule has 7 N–H and O–H groups in total. The van der Waals surface area contributed by atoms with Crippen molar-refractivity contribution in [3.05, 3.63) is 120 Å². The highest BCUT2D eigenvalue weighted by molar-refractivity contribution is 5.93. The zero-order valence-electron chi connectivity index (χ0n) is 17.4. The number of primary amides is 1. The van der Waals surface area contributed by atoms with Gasteiger partial charge in [0.1, 0.15) is 5.82 Å². The molecule has 31 heavy (non-hydrogen) atoms. The molecule has 0 unspecified atom stereocenters.